The monoisotopic (exact) mass is 896 g/mol. The molecule has 0 aliphatic carbocycles. The SMILES string of the molecule is CC(=O)C(C(=O)NC1(C)C(C)(C(O)C(O)CO)O[C@](COC(=O)CCCCC2SC[C@@H]3NC(=O)N[C@H]23)(C(=O)O)C(C)(C)C1(C)O)[C@@]1(N)[C@@H](O)C[C@](C)(O)O[C@H]1[C@H](O)[C@H](O)CO. The van der Waals surface area contributed by atoms with Crippen molar-refractivity contribution >= 4 is 41.4 Å². The first-order chi connectivity index (χ1) is 28.0. The highest BCUT2D eigenvalue weighted by molar-refractivity contribution is 8.00. The third-order valence-electron chi connectivity index (χ3n) is 14.0. The van der Waals surface area contributed by atoms with E-state index in [0.717, 1.165) is 40.4 Å². The summed E-state index contributed by atoms with van der Waals surface area (Å²) in [6.45, 7) is 4.14. The van der Waals surface area contributed by atoms with Crippen molar-refractivity contribution in [1.29, 1.82) is 0 Å². The number of ether oxygens (including phenoxy) is 3. The molecule has 4 heterocycles. The second-order valence-corrected chi connectivity index (χ2v) is 19.4. The van der Waals surface area contributed by atoms with Gasteiger partial charge in [0, 0.05) is 29.3 Å². The van der Waals surface area contributed by atoms with Crippen molar-refractivity contribution in [1.82, 2.24) is 16.0 Å². The Labute approximate surface area is 356 Å². The lowest BCUT2D eigenvalue weighted by Gasteiger charge is -2.69. The van der Waals surface area contributed by atoms with E-state index in [9.17, 15) is 75.0 Å². The number of urea groups is 1. The van der Waals surface area contributed by atoms with Crippen molar-refractivity contribution in [2.45, 2.75) is 168 Å². The van der Waals surface area contributed by atoms with Crippen molar-refractivity contribution in [2.24, 2.45) is 17.1 Å². The zero-order valence-electron chi connectivity index (χ0n) is 35.4. The molecule has 7 unspecified atom stereocenters. The van der Waals surface area contributed by atoms with Gasteiger partial charge in [-0.3, -0.25) is 14.4 Å². The number of aliphatic hydroxyl groups is 9. The van der Waals surface area contributed by atoms with Crippen molar-refractivity contribution in [3.63, 3.8) is 0 Å². The van der Waals surface area contributed by atoms with Crippen LogP contribution in [-0.2, 0) is 33.4 Å². The Bertz CT molecular complexity index is 1670. The number of amides is 3. The molecule has 4 aliphatic rings. The Morgan fingerprint density at radius 3 is 2.15 bits per heavy atom. The van der Waals surface area contributed by atoms with Gasteiger partial charge in [-0.05, 0) is 47.5 Å². The fourth-order valence-electron chi connectivity index (χ4n) is 9.52. The van der Waals surface area contributed by atoms with Gasteiger partial charge in [0.05, 0.1) is 48.1 Å². The topological polar surface area (TPSA) is 377 Å². The van der Waals surface area contributed by atoms with Gasteiger partial charge in [0.25, 0.3) is 0 Å². The molecule has 61 heavy (non-hydrogen) atoms. The van der Waals surface area contributed by atoms with Crippen LogP contribution in [-0.4, -0.2) is 194 Å². The van der Waals surface area contributed by atoms with Gasteiger partial charge in [-0.25, -0.2) is 9.59 Å². The predicted octanol–water partition coefficient (Wildman–Crippen LogP) is -4.29. The van der Waals surface area contributed by atoms with E-state index < -0.39 is 131 Å². The van der Waals surface area contributed by atoms with E-state index in [1.165, 1.54) is 13.8 Å². The van der Waals surface area contributed by atoms with E-state index in [4.69, 9.17) is 19.9 Å². The summed E-state index contributed by atoms with van der Waals surface area (Å²) >= 11 is 1.69. The highest BCUT2D eigenvalue weighted by Gasteiger charge is 2.79. The zero-order chi connectivity index (χ0) is 46.5. The first-order valence-electron chi connectivity index (χ1n) is 20.1. The van der Waals surface area contributed by atoms with Gasteiger partial charge in [0.15, 0.2) is 5.79 Å². The lowest BCUT2D eigenvalue weighted by molar-refractivity contribution is -0.364. The molecule has 22 nitrogen and oxygen atoms in total. The number of aliphatic carboxylic acids is 1. The number of hydrogen-bond acceptors (Lipinski definition) is 19. The van der Waals surface area contributed by atoms with E-state index in [1.807, 2.05) is 0 Å². The summed E-state index contributed by atoms with van der Waals surface area (Å²) in [5, 5.41) is 118. The molecule has 0 saturated carbocycles. The minimum absolute atomic E-state index is 0.0123. The van der Waals surface area contributed by atoms with Gasteiger partial charge >= 0.3 is 18.0 Å². The number of carboxylic acids is 1. The molecule has 0 aromatic heterocycles. The van der Waals surface area contributed by atoms with E-state index in [0.29, 0.717) is 19.3 Å². The maximum absolute atomic E-state index is 14.7. The molecule has 0 aromatic carbocycles. The molecule has 0 radical (unpaired) electrons. The normalized spacial score (nSPS) is 40.7. The number of hydrogen-bond donors (Lipinski definition) is 14. The van der Waals surface area contributed by atoms with Gasteiger partial charge in [0.1, 0.15) is 54.4 Å². The van der Waals surface area contributed by atoms with Crippen molar-refractivity contribution < 1.29 is 89.2 Å². The quantitative estimate of drug-likeness (QED) is 0.0268. The van der Waals surface area contributed by atoms with Gasteiger partial charge in [-0.2, -0.15) is 11.8 Å². The first-order valence-corrected chi connectivity index (χ1v) is 21.1. The number of Topliss-reactive ketones (excluding diaryl/α,β-unsaturated/α-hetero) is 1. The number of nitrogens with two attached hydrogens (primary N) is 1. The van der Waals surface area contributed by atoms with Crippen LogP contribution in [0.5, 0.6) is 0 Å². The van der Waals surface area contributed by atoms with E-state index in [-0.39, 0.29) is 29.8 Å². The summed E-state index contributed by atoms with van der Waals surface area (Å²) in [6, 6.07) is -0.271. The molecule has 3 amide bonds. The molecule has 4 rings (SSSR count). The Morgan fingerprint density at radius 2 is 1.59 bits per heavy atom. The van der Waals surface area contributed by atoms with Crippen LogP contribution in [0.1, 0.15) is 80.6 Å². The van der Waals surface area contributed by atoms with Crippen molar-refractivity contribution in [3.05, 3.63) is 0 Å². The Hall–Kier alpha value is -2.78. The number of aliphatic hydroxyl groups excluding tert-OH is 7. The average molecular weight is 897 g/mol. The predicted molar refractivity (Wildman–Crippen MR) is 211 cm³/mol. The number of carboxylic acid groups (broad SMARTS) is 1. The lowest BCUT2D eigenvalue weighted by Crippen LogP contribution is -2.89. The second-order valence-electron chi connectivity index (χ2n) is 18.1. The van der Waals surface area contributed by atoms with Crippen LogP contribution in [0, 0.1) is 11.3 Å². The number of ketones is 1. The maximum Gasteiger partial charge on any atom is 0.340 e. The number of rotatable bonds is 18. The molecule has 0 spiro atoms. The average Bonchev–Trinajstić information content (AvgIpc) is 3.72. The number of carbonyl (C=O) groups is 5. The molecule has 4 fully saturated rings. The van der Waals surface area contributed by atoms with Crippen LogP contribution in [0.15, 0.2) is 0 Å². The van der Waals surface area contributed by atoms with Gasteiger partial charge in [0.2, 0.25) is 11.5 Å². The Morgan fingerprint density at radius 1 is 0.984 bits per heavy atom. The largest absolute Gasteiger partial charge is 0.479 e. The third-order valence-corrected chi connectivity index (χ3v) is 15.5. The zero-order valence-corrected chi connectivity index (χ0v) is 36.2. The van der Waals surface area contributed by atoms with Gasteiger partial charge < -0.3 is 87.0 Å². The molecule has 0 bridgehead atoms. The first kappa shape index (κ1) is 50.9. The summed E-state index contributed by atoms with van der Waals surface area (Å²) < 4.78 is 17.3. The summed E-state index contributed by atoms with van der Waals surface area (Å²) in [5.41, 5.74) is -8.96. The molecular formula is C38H64N4O18S. The van der Waals surface area contributed by atoms with Crippen LogP contribution in [0.2, 0.25) is 0 Å². The smallest absolute Gasteiger partial charge is 0.340 e. The van der Waals surface area contributed by atoms with E-state index in [2.05, 4.69) is 16.0 Å². The molecule has 16 atom stereocenters. The van der Waals surface area contributed by atoms with Gasteiger partial charge in [-0.1, -0.05) is 20.3 Å². The molecule has 4 saturated heterocycles. The second kappa shape index (κ2) is 18.0. The molecule has 23 heteroatoms. The molecule has 0 aromatic rings. The number of fused-ring (bicyclic) bond motifs is 1. The van der Waals surface area contributed by atoms with Crippen LogP contribution >= 0.6 is 11.8 Å². The van der Waals surface area contributed by atoms with Gasteiger partial charge in [-0.15, -0.1) is 0 Å². The minimum atomic E-state index is -2.78. The number of nitrogens with one attached hydrogen (secondary N) is 3. The van der Waals surface area contributed by atoms with Crippen LogP contribution in [0.4, 0.5) is 4.79 Å². The van der Waals surface area contributed by atoms with E-state index in [1.54, 1.807) is 11.8 Å². The minimum Gasteiger partial charge on any atom is -0.479 e. The number of unbranched alkanes of at least 4 members (excludes halogenated alkanes) is 1. The fraction of sp³-hybridized carbons (Fsp3) is 0.868. The molecular weight excluding hydrogens is 832 g/mol. The third kappa shape index (κ3) is 8.63. The van der Waals surface area contributed by atoms with E-state index >= 15 is 0 Å². The Kier molecular flexibility index (Phi) is 15.0. The number of carbonyl (C=O) groups excluding carboxylic acids is 4. The lowest BCUT2D eigenvalue weighted by atomic mass is 9.50. The van der Waals surface area contributed by atoms with Crippen LogP contribution in [0.3, 0.4) is 0 Å². The van der Waals surface area contributed by atoms with Crippen molar-refractivity contribution in [3.8, 4) is 0 Å². The highest BCUT2D eigenvalue weighted by atomic mass is 32.2. The maximum atomic E-state index is 14.7. The highest BCUT2D eigenvalue weighted by Crippen LogP contribution is 2.59. The van der Waals surface area contributed by atoms with Crippen LogP contribution < -0.4 is 21.7 Å². The molecule has 15 N–H and O–H groups in total. The number of esters is 1. The van der Waals surface area contributed by atoms with Crippen molar-refractivity contribution in [2.75, 3.05) is 25.6 Å². The number of thioether (sulfide) groups is 1. The molecule has 4 aliphatic heterocycles. The summed E-state index contributed by atoms with van der Waals surface area (Å²) in [6.07, 6.45) is -12.4. The summed E-state index contributed by atoms with van der Waals surface area (Å²) in [4.78, 5) is 66.6. The fourth-order valence-corrected chi connectivity index (χ4v) is 11.1. The Balaban J connectivity index is 1.70. The summed E-state index contributed by atoms with van der Waals surface area (Å²) in [5.74, 6) is -9.03. The van der Waals surface area contributed by atoms with Crippen LogP contribution in [0.25, 0.3) is 0 Å². The standard InChI is InChI=1S/C38H64N4O18S/c1-17(45)24(38(39)22(48)12-33(4,56)59-28(38)26(50)19(46)13-43)29(52)42-35(6)34(5,27(51)20(47)14-44)60-37(30(53)54,32(2,3)36(35,7)57)16-58-23(49)11-9-8-10-21-25-18(15-61-21)40-31(55)41-25/h18-22,24-28,43-44,46-48,50-51,56-57H,8-16,39H2,1-7H3,(H,42,52)(H,53,54)(H2,40,41,55)/t18-,19+,20?,21?,22-,24?,25-,26+,27?,28-,33+,34?,35?,36?,37+,38-/m0/s1. The summed E-state index contributed by atoms with van der Waals surface area (Å²) in [7, 11) is 0. The molecule has 350 valence electrons.